The van der Waals surface area contributed by atoms with Crippen molar-refractivity contribution in [3.63, 3.8) is 0 Å². The summed E-state index contributed by atoms with van der Waals surface area (Å²) in [7, 11) is 1.83. The molecule has 0 saturated heterocycles. The minimum absolute atomic E-state index is 0.0461. The Labute approximate surface area is 194 Å². The van der Waals surface area contributed by atoms with Gasteiger partial charge in [0.05, 0.1) is 21.2 Å². The molecule has 3 aromatic carbocycles. The van der Waals surface area contributed by atoms with Crippen LogP contribution in [0.1, 0.15) is 0 Å². The SMILES string of the molecule is C=O.C=O.CNc1cc(-c2ccc3ncnc(Nc4ccc(F)c(Cl)c4)c3c2)ccc1Cl. The second kappa shape index (κ2) is 11.7. The fraction of sp³-hybridized carbons (Fsp3) is 0.0435. The maximum absolute atomic E-state index is 13.4. The molecule has 0 atom stereocenters. The Kier molecular flexibility index (Phi) is 9.07. The third-order valence-corrected chi connectivity index (χ3v) is 5.01. The maximum Gasteiger partial charge on any atom is 0.141 e. The van der Waals surface area contributed by atoms with Crippen LogP contribution in [0.25, 0.3) is 22.0 Å². The Morgan fingerprint density at radius 2 is 1.53 bits per heavy atom. The van der Waals surface area contributed by atoms with Crippen molar-refractivity contribution in [1.82, 2.24) is 9.97 Å². The summed E-state index contributed by atoms with van der Waals surface area (Å²) in [6, 6.07) is 16.2. The van der Waals surface area contributed by atoms with Gasteiger partial charge in [-0.15, -0.1) is 0 Å². The van der Waals surface area contributed by atoms with E-state index >= 15 is 0 Å². The number of carbonyl (C=O) groups is 2. The Morgan fingerprint density at radius 1 is 0.844 bits per heavy atom. The number of hydrogen-bond donors (Lipinski definition) is 2. The highest BCUT2D eigenvalue weighted by Gasteiger charge is 2.09. The first-order valence-electron chi connectivity index (χ1n) is 9.07. The molecule has 0 aliphatic heterocycles. The Balaban J connectivity index is 0.000000860. The number of anilines is 3. The van der Waals surface area contributed by atoms with Gasteiger partial charge in [0.1, 0.15) is 31.5 Å². The van der Waals surface area contributed by atoms with E-state index in [1.807, 2.05) is 57.0 Å². The third kappa shape index (κ3) is 5.57. The van der Waals surface area contributed by atoms with Crippen LogP contribution in [0, 0.1) is 5.82 Å². The Bertz CT molecular complexity index is 1220. The number of rotatable bonds is 4. The summed E-state index contributed by atoms with van der Waals surface area (Å²) in [5, 5.41) is 7.81. The predicted molar refractivity (Wildman–Crippen MR) is 128 cm³/mol. The molecule has 0 unspecified atom stereocenters. The monoisotopic (exact) mass is 472 g/mol. The van der Waals surface area contributed by atoms with Crippen LogP contribution in [0.15, 0.2) is 60.9 Å². The molecule has 32 heavy (non-hydrogen) atoms. The van der Waals surface area contributed by atoms with E-state index in [0.717, 1.165) is 27.7 Å². The van der Waals surface area contributed by atoms with Gasteiger partial charge in [-0.25, -0.2) is 14.4 Å². The summed E-state index contributed by atoms with van der Waals surface area (Å²) in [5.74, 6) is 0.141. The normalized spacial score (nSPS) is 9.75. The van der Waals surface area contributed by atoms with Crippen LogP contribution in [0.4, 0.5) is 21.6 Å². The standard InChI is InChI=1S/C21H15Cl2FN4.2CH2O/c1-25-20-9-13(2-5-16(20)22)12-3-7-19-15(8-12)21(27-11-26-19)28-14-4-6-18(24)17(23)10-14;2*1-2/h2-11,25H,1H3,(H,26,27,28);2*1H2. The summed E-state index contributed by atoms with van der Waals surface area (Å²) in [4.78, 5) is 24.7. The molecule has 0 bridgehead atoms. The van der Waals surface area contributed by atoms with Gasteiger partial charge in [0.2, 0.25) is 0 Å². The third-order valence-electron chi connectivity index (χ3n) is 4.39. The second-order valence-electron chi connectivity index (χ2n) is 6.15. The number of carbonyl (C=O) groups excluding carboxylic acids is 2. The van der Waals surface area contributed by atoms with Crippen LogP contribution >= 0.6 is 23.2 Å². The van der Waals surface area contributed by atoms with Crippen LogP contribution in [0.5, 0.6) is 0 Å². The second-order valence-corrected chi connectivity index (χ2v) is 6.97. The lowest BCUT2D eigenvalue weighted by Crippen LogP contribution is -1.97. The summed E-state index contributed by atoms with van der Waals surface area (Å²) in [6.45, 7) is 4.00. The zero-order valence-corrected chi connectivity index (χ0v) is 18.5. The number of nitrogens with one attached hydrogen (secondary N) is 2. The minimum Gasteiger partial charge on any atom is -0.387 e. The molecule has 0 aliphatic carbocycles. The lowest BCUT2D eigenvalue weighted by molar-refractivity contribution is -0.0987. The zero-order chi connectivity index (χ0) is 23.7. The van der Waals surface area contributed by atoms with E-state index in [1.165, 1.54) is 18.5 Å². The van der Waals surface area contributed by atoms with E-state index in [0.29, 0.717) is 16.5 Å². The Morgan fingerprint density at radius 3 is 2.22 bits per heavy atom. The quantitative estimate of drug-likeness (QED) is 0.370. The van der Waals surface area contributed by atoms with Crippen LogP contribution in [0.3, 0.4) is 0 Å². The van der Waals surface area contributed by atoms with Crippen LogP contribution in [-0.4, -0.2) is 30.6 Å². The van der Waals surface area contributed by atoms with Crippen molar-refractivity contribution in [2.75, 3.05) is 17.7 Å². The number of aromatic nitrogens is 2. The van der Waals surface area contributed by atoms with Gasteiger partial charge in [0, 0.05) is 18.1 Å². The first-order chi connectivity index (χ1) is 15.5. The number of halogens is 3. The van der Waals surface area contributed by atoms with Gasteiger partial charge in [0.15, 0.2) is 0 Å². The van der Waals surface area contributed by atoms with E-state index in [-0.39, 0.29) is 5.02 Å². The highest BCUT2D eigenvalue weighted by Crippen LogP contribution is 2.32. The van der Waals surface area contributed by atoms with Gasteiger partial charge < -0.3 is 20.2 Å². The van der Waals surface area contributed by atoms with Crippen molar-refractivity contribution in [3.05, 3.63) is 76.8 Å². The minimum atomic E-state index is -0.467. The van der Waals surface area contributed by atoms with Crippen LogP contribution in [-0.2, 0) is 9.59 Å². The van der Waals surface area contributed by atoms with Crippen molar-refractivity contribution in [2.24, 2.45) is 0 Å². The molecule has 6 nitrogen and oxygen atoms in total. The summed E-state index contributed by atoms with van der Waals surface area (Å²) in [5.41, 5.74) is 4.28. The van der Waals surface area contributed by atoms with Gasteiger partial charge in [-0.3, -0.25) is 0 Å². The summed E-state index contributed by atoms with van der Waals surface area (Å²) >= 11 is 12.1. The maximum atomic E-state index is 13.4. The molecule has 0 aliphatic rings. The molecule has 4 rings (SSSR count). The topological polar surface area (TPSA) is 84.0 Å². The molecular weight excluding hydrogens is 454 g/mol. The van der Waals surface area contributed by atoms with E-state index in [1.54, 1.807) is 6.07 Å². The zero-order valence-electron chi connectivity index (χ0n) is 17.0. The average molecular weight is 473 g/mol. The first kappa shape index (κ1) is 24.7. The Hall–Kier alpha value is -3.55. The van der Waals surface area contributed by atoms with Gasteiger partial charge >= 0.3 is 0 Å². The van der Waals surface area contributed by atoms with Crippen LogP contribution < -0.4 is 10.6 Å². The van der Waals surface area contributed by atoms with Crippen molar-refractivity contribution in [3.8, 4) is 11.1 Å². The highest BCUT2D eigenvalue weighted by atomic mass is 35.5. The lowest BCUT2D eigenvalue weighted by atomic mass is 10.0. The predicted octanol–water partition coefficient (Wildman–Crippen LogP) is 6.16. The number of nitrogens with zero attached hydrogens (tertiary/aromatic N) is 2. The molecule has 0 spiro atoms. The molecule has 2 N–H and O–H groups in total. The molecular formula is C23H19Cl2FN4O2. The van der Waals surface area contributed by atoms with E-state index in [4.69, 9.17) is 32.8 Å². The van der Waals surface area contributed by atoms with Crippen LogP contribution in [0.2, 0.25) is 10.0 Å². The fourth-order valence-corrected chi connectivity index (χ4v) is 3.34. The van der Waals surface area contributed by atoms with Gasteiger partial charge in [0.25, 0.3) is 0 Å². The highest BCUT2D eigenvalue weighted by molar-refractivity contribution is 6.33. The average Bonchev–Trinajstić information content (AvgIpc) is 2.84. The van der Waals surface area contributed by atoms with Crippen molar-refractivity contribution in [2.45, 2.75) is 0 Å². The van der Waals surface area contributed by atoms with Gasteiger partial charge in [-0.2, -0.15) is 0 Å². The van der Waals surface area contributed by atoms with E-state index < -0.39 is 5.82 Å². The molecule has 1 heterocycles. The first-order valence-corrected chi connectivity index (χ1v) is 9.83. The van der Waals surface area contributed by atoms with E-state index in [2.05, 4.69) is 20.6 Å². The molecule has 0 saturated carbocycles. The molecule has 4 aromatic rings. The molecule has 164 valence electrons. The van der Waals surface area contributed by atoms with Crippen molar-refractivity contribution >= 4 is 64.9 Å². The van der Waals surface area contributed by atoms with Crippen molar-refractivity contribution in [1.29, 1.82) is 0 Å². The smallest absolute Gasteiger partial charge is 0.141 e. The molecule has 0 amide bonds. The molecule has 1 aromatic heterocycles. The molecule has 0 fully saturated rings. The number of fused-ring (bicyclic) bond motifs is 1. The number of hydrogen-bond acceptors (Lipinski definition) is 6. The van der Waals surface area contributed by atoms with Crippen molar-refractivity contribution < 1.29 is 14.0 Å². The molecule has 9 heteroatoms. The molecule has 0 radical (unpaired) electrons. The largest absolute Gasteiger partial charge is 0.387 e. The summed E-state index contributed by atoms with van der Waals surface area (Å²) in [6.07, 6.45) is 1.48. The fourth-order valence-electron chi connectivity index (χ4n) is 2.94. The van der Waals surface area contributed by atoms with Gasteiger partial charge in [-0.1, -0.05) is 35.3 Å². The van der Waals surface area contributed by atoms with Gasteiger partial charge in [-0.05, 0) is 53.6 Å². The number of benzene rings is 3. The van der Waals surface area contributed by atoms with E-state index in [9.17, 15) is 4.39 Å². The lowest BCUT2D eigenvalue weighted by Gasteiger charge is -2.11. The summed E-state index contributed by atoms with van der Waals surface area (Å²) < 4.78 is 13.4.